The van der Waals surface area contributed by atoms with Gasteiger partial charge in [-0.1, -0.05) is 6.92 Å². The van der Waals surface area contributed by atoms with Crippen LogP contribution in [0, 0.1) is 5.92 Å². The molecule has 32 heavy (non-hydrogen) atoms. The van der Waals surface area contributed by atoms with Gasteiger partial charge in [-0.2, -0.15) is 0 Å². The Kier molecular flexibility index (Phi) is 7.20. The normalized spacial score (nSPS) is 21.2. The number of piperidine rings is 2. The number of nitrogens with zero attached hydrogens (tertiary/aromatic N) is 3. The molecule has 4 rings (SSSR count). The summed E-state index contributed by atoms with van der Waals surface area (Å²) in [6, 6.07) is 11.3. The van der Waals surface area contributed by atoms with Crippen LogP contribution in [0.25, 0.3) is 0 Å². The van der Waals surface area contributed by atoms with Gasteiger partial charge in [-0.05, 0) is 87.0 Å². The summed E-state index contributed by atoms with van der Waals surface area (Å²) in [6.45, 7) is 8.29. The SMILES string of the molecule is CC(NC(=O)c1ccc(C(=O)N2CCC(N3CCC[C@@H](C)C3)CC2)cc1)c1ccncc1. The molecule has 0 bridgehead atoms. The maximum absolute atomic E-state index is 13.0. The molecule has 2 aliphatic rings. The maximum atomic E-state index is 13.0. The Hall–Kier alpha value is -2.73. The van der Waals surface area contributed by atoms with E-state index in [-0.39, 0.29) is 17.9 Å². The van der Waals surface area contributed by atoms with Gasteiger partial charge in [0, 0.05) is 49.2 Å². The fourth-order valence-electron chi connectivity index (χ4n) is 4.95. The number of likely N-dealkylation sites (tertiary alicyclic amines) is 2. The Morgan fingerprint density at radius 3 is 2.28 bits per heavy atom. The van der Waals surface area contributed by atoms with Gasteiger partial charge >= 0.3 is 0 Å². The third kappa shape index (κ3) is 5.36. The summed E-state index contributed by atoms with van der Waals surface area (Å²) in [4.78, 5) is 34.2. The molecule has 2 saturated heterocycles. The third-order valence-corrected chi connectivity index (χ3v) is 6.90. The molecule has 170 valence electrons. The molecular weight excluding hydrogens is 400 g/mol. The second-order valence-electron chi connectivity index (χ2n) is 9.32. The van der Waals surface area contributed by atoms with Gasteiger partial charge in [0.25, 0.3) is 11.8 Å². The fourth-order valence-corrected chi connectivity index (χ4v) is 4.95. The van der Waals surface area contributed by atoms with Crippen LogP contribution in [0.4, 0.5) is 0 Å². The molecule has 0 aliphatic carbocycles. The minimum atomic E-state index is -0.148. The van der Waals surface area contributed by atoms with Crippen LogP contribution in [-0.2, 0) is 0 Å². The summed E-state index contributed by atoms with van der Waals surface area (Å²) in [7, 11) is 0. The van der Waals surface area contributed by atoms with Crippen molar-refractivity contribution in [3.05, 3.63) is 65.5 Å². The van der Waals surface area contributed by atoms with Crippen molar-refractivity contribution in [2.24, 2.45) is 5.92 Å². The van der Waals surface area contributed by atoms with E-state index in [1.165, 1.54) is 25.9 Å². The van der Waals surface area contributed by atoms with E-state index in [1.807, 2.05) is 24.0 Å². The van der Waals surface area contributed by atoms with Crippen LogP contribution >= 0.6 is 0 Å². The van der Waals surface area contributed by atoms with Gasteiger partial charge in [0.1, 0.15) is 0 Å². The lowest BCUT2D eigenvalue weighted by Crippen LogP contribution is -2.49. The number of hydrogen-bond acceptors (Lipinski definition) is 4. The number of aromatic nitrogens is 1. The maximum Gasteiger partial charge on any atom is 0.253 e. The average Bonchev–Trinajstić information content (AvgIpc) is 2.84. The van der Waals surface area contributed by atoms with Gasteiger partial charge in [-0.3, -0.25) is 19.5 Å². The number of amides is 2. The first kappa shape index (κ1) is 22.5. The number of pyridine rings is 1. The van der Waals surface area contributed by atoms with Crippen LogP contribution < -0.4 is 5.32 Å². The quantitative estimate of drug-likeness (QED) is 0.775. The van der Waals surface area contributed by atoms with Crippen LogP contribution in [0.5, 0.6) is 0 Å². The highest BCUT2D eigenvalue weighted by Crippen LogP contribution is 2.24. The first-order valence-electron chi connectivity index (χ1n) is 11.9. The Bertz CT molecular complexity index is 907. The van der Waals surface area contributed by atoms with E-state index >= 15 is 0 Å². The average molecular weight is 435 g/mol. The molecular formula is C26H34N4O2. The molecule has 2 amide bonds. The second-order valence-corrected chi connectivity index (χ2v) is 9.32. The van der Waals surface area contributed by atoms with Crippen molar-refractivity contribution in [2.75, 3.05) is 26.2 Å². The summed E-state index contributed by atoms with van der Waals surface area (Å²) in [5.74, 6) is 0.698. The van der Waals surface area contributed by atoms with E-state index in [4.69, 9.17) is 0 Å². The Balaban J connectivity index is 1.30. The third-order valence-electron chi connectivity index (χ3n) is 6.90. The van der Waals surface area contributed by atoms with E-state index in [0.29, 0.717) is 17.2 Å². The molecule has 0 saturated carbocycles. The lowest BCUT2D eigenvalue weighted by molar-refractivity contribution is 0.0541. The van der Waals surface area contributed by atoms with Crippen molar-refractivity contribution in [3.63, 3.8) is 0 Å². The first-order valence-corrected chi connectivity index (χ1v) is 11.9. The Morgan fingerprint density at radius 1 is 0.969 bits per heavy atom. The van der Waals surface area contributed by atoms with Crippen molar-refractivity contribution < 1.29 is 9.59 Å². The van der Waals surface area contributed by atoms with E-state index in [9.17, 15) is 9.59 Å². The molecule has 1 aromatic heterocycles. The standard InChI is InChI=1S/C26H34N4O2/c1-19-4-3-15-30(18-19)24-11-16-29(17-12-24)26(32)23-7-5-22(6-8-23)25(31)28-20(2)21-9-13-27-14-10-21/h5-10,13-14,19-20,24H,3-4,11-12,15-18H2,1-2H3,(H,28,31)/t19-,20?/m1/s1. The minimum Gasteiger partial charge on any atom is -0.346 e. The zero-order valence-electron chi connectivity index (χ0n) is 19.2. The lowest BCUT2D eigenvalue weighted by atomic mass is 9.95. The number of carbonyl (C=O) groups excluding carboxylic acids is 2. The van der Waals surface area contributed by atoms with Crippen molar-refractivity contribution in [2.45, 2.75) is 51.6 Å². The first-order chi connectivity index (χ1) is 15.5. The molecule has 0 spiro atoms. The monoisotopic (exact) mass is 434 g/mol. The molecule has 0 radical (unpaired) electrons. The summed E-state index contributed by atoms with van der Waals surface area (Å²) in [6.07, 6.45) is 8.16. The largest absolute Gasteiger partial charge is 0.346 e. The van der Waals surface area contributed by atoms with Crippen molar-refractivity contribution in [3.8, 4) is 0 Å². The van der Waals surface area contributed by atoms with E-state index in [2.05, 4.69) is 22.1 Å². The van der Waals surface area contributed by atoms with Crippen LogP contribution in [0.15, 0.2) is 48.8 Å². The lowest BCUT2D eigenvalue weighted by Gasteiger charge is -2.41. The molecule has 1 N–H and O–H groups in total. The topological polar surface area (TPSA) is 65.5 Å². The molecule has 1 unspecified atom stereocenters. The van der Waals surface area contributed by atoms with Crippen molar-refractivity contribution >= 4 is 11.8 Å². The van der Waals surface area contributed by atoms with Gasteiger partial charge in [-0.15, -0.1) is 0 Å². The minimum absolute atomic E-state index is 0.0626. The van der Waals surface area contributed by atoms with Gasteiger partial charge in [0.05, 0.1) is 6.04 Å². The molecule has 2 atom stereocenters. The van der Waals surface area contributed by atoms with Crippen molar-refractivity contribution in [1.82, 2.24) is 20.1 Å². The van der Waals surface area contributed by atoms with Gasteiger partial charge < -0.3 is 10.2 Å². The smallest absolute Gasteiger partial charge is 0.253 e. The number of nitrogens with one attached hydrogen (secondary N) is 1. The summed E-state index contributed by atoms with van der Waals surface area (Å²) < 4.78 is 0. The zero-order chi connectivity index (χ0) is 22.5. The van der Waals surface area contributed by atoms with E-state index in [1.54, 1.807) is 36.7 Å². The number of hydrogen-bond donors (Lipinski definition) is 1. The molecule has 3 heterocycles. The van der Waals surface area contributed by atoms with Crippen LogP contribution in [0.3, 0.4) is 0 Å². The highest BCUT2D eigenvalue weighted by atomic mass is 16.2. The molecule has 2 fully saturated rings. The van der Waals surface area contributed by atoms with E-state index in [0.717, 1.165) is 37.4 Å². The fraction of sp³-hybridized carbons (Fsp3) is 0.500. The highest BCUT2D eigenvalue weighted by Gasteiger charge is 2.29. The molecule has 6 heteroatoms. The summed E-state index contributed by atoms with van der Waals surface area (Å²) in [5.41, 5.74) is 2.21. The number of rotatable bonds is 5. The summed E-state index contributed by atoms with van der Waals surface area (Å²) in [5, 5.41) is 3.00. The van der Waals surface area contributed by atoms with Crippen LogP contribution in [0.2, 0.25) is 0 Å². The van der Waals surface area contributed by atoms with Gasteiger partial charge in [0.2, 0.25) is 0 Å². The molecule has 2 aliphatic heterocycles. The molecule has 1 aromatic carbocycles. The van der Waals surface area contributed by atoms with Crippen LogP contribution in [0.1, 0.15) is 71.9 Å². The number of carbonyl (C=O) groups is 2. The second kappa shape index (κ2) is 10.3. The van der Waals surface area contributed by atoms with Crippen molar-refractivity contribution in [1.29, 1.82) is 0 Å². The van der Waals surface area contributed by atoms with Gasteiger partial charge in [0.15, 0.2) is 0 Å². The highest BCUT2D eigenvalue weighted by molar-refractivity contribution is 5.98. The van der Waals surface area contributed by atoms with E-state index < -0.39 is 0 Å². The summed E-state index contributed by atoms with van der Waals surface area (Å²) >= 11 is 0. The zero-order valence-corrected chi connectivity index (χ0v) is 19.2. The molecule has 2 aromatic rings. The Labute approximate surface area is 191 Å². The molecule has 6 nitrogen and oxygen atoms in total. The predicted molar refractivity (Wildman–Crippen MR) is 125 cm³/mol. The van der Waals surface area contributed by atoms with Crippen LogP contribution in [-0.4, -0.2) is 58.8 Å². The predicted octanol–water partition coefficient (Wildman–Crippen LogP) is 3.91. The Morgan fingerprint density at radius 2 is 1.62 bits per heavy atom. The number of benzene rings is 1. The van der Waals surface area contributed by atoms with Gasteiger partial charge in [-0.25, -0.2) is 0 Å².